The first-order valence-electron chi connectivity index (χ1n) is 4.36. The molecular weight excluding hydrogens is 138 g/mol. The van der Waals surface area contributed by atoms with Crippen LogP contribution in [-0.2, 0) is 4.84 Å². The molecular formula is C9H21NO. The summed E-state index contributed by atoms with van der Waals surface area (Å²) in [5.41, 5.74) is 3.32. The van der Waals surface area contributed by atoms with Gasteiger partial charge in [0, 0.05) is 6.54 Å². The number of hydrogen-bond acceptors (Lipinski definition) is 2. The van der Waals surface area contributed by atoms with Gasteiger partial charge < -0.3 is 0 Å². The molecule has 0 aromatic carbocycles. The van der Waals surface area contributed by atoms with Crippen molar-refractivity contribution >= 4 is 0 Å². The van der Waals surface area contributed by atoms with E-state index in [-0.39, 0.29) is 6.10 Å². The maximum absolute atomic E-state index is 5.23. The Balaban J connectivity index is 3.38. The highest BCUT2D eigenvalue weighted by Crippen LogP contribution is 2.17. The van der Waals surface area contributed by atoms with E-state index >= 15 is 0 Å². The third-order valence-corrected chi connectivity index (χ3v) is 1.83. The summed E-state index contributed by atoms with van der Waals surface area (Å²) < 4.78 is 0. The number of nitrogens with one attached hydrogen (secondary N) is 1. The van der Waals surface area contributed by atoms with E-state index in [1.165, 1.54) is 6.42 Å². The van der Waals surface area contributed by atoms with Crippen LogP contribution in [0, 0.1) is 5.41 Å². The van der Waals surface area contributed by atoms with Gasteiger partial charge in [-0.15, -0.1) is 0 Å². The molecule has 0 amide bonds. The minimum Gasteiger partial charge on any atom is -0.299 e. The molecule has 0 unspecified atom stereocenters. The van der Waals surface area contributed by atoms with Gasteiger partial charge >= 0.3 is 0 Å². The zero-order chi connectivity index (χ0) is 8.91. The van der Waals surface area contributed by atoms with E-state index in [1.807, 2.05) is 13.8 Å². The SMILES string of the molecule is CCC(C)(C)CNOC(C)C. The molecule has 0 spiro atoms. The summed E-state index contributed by atoms with van der Waals surface area (Å²) in [5.74, 6) is 0. The van der Waals surface area contributed by atoms with Crippen molar-refractivity contribution < 1.29 is 4.84 Å². The van der Waals surface area contributed by atoms with Gasteiger partial charge in [0.05, 0.1) is 6.10 Å². The Bertz CT molecular complexity index is 99.7. The minimum atomic E-state index is 0.266. The standard InChI is InChI=1S/C9H21NO/c1-6-9(4,5)7-10-11-8(2)3/h8,10H,6-7H2,1-5H3. The fraction of sp³-hybridized carbons (Fsp3) is 1.00. The molecule has 68 valence electrons. The van der Waals surface area contributed by atoms with Crippen LogP contribution in [0.15, 0.2) is 0 Å². The largest absolute Gasteiger partial charge is 0.299 e. The third-order valence-electron chi connectivity index (χ3n) is 1.83. The molecule has 0 saturated heterocycles. The van der Waals surface area contributed by atoms with Crippen molar-refractivity contribution in [3.8, 4) is 0 Å². The average molecular weight is 159 g/mol. The molecule has 11 heavy (non-hydrogen) atoms. The quantitative estimate of drug-likeness (QED) is 0.622. The molecule has 0 atom stereocenters. The van der Waals surface area contributed by atoms with Crippen molar-refractivity contribution in [3.63, 3.8) is 0 Å². The van der Waals surface area contributed by atoms with Gasteiger partial charge in [-0.05, 0) is 25.7 Å². The van der Waals surface area contributed by atoms with Gasteiger partial charge in [-0.2, -0.15) is 0 Å². The van der Waals surface area contributed by atoms with Gasteiger partial charge in [-0.3, -0.25) is 4.84 Å². The summed E-state index contributed by atoms with van der Waals surface area (Å²) >= 11 is 0. The fourth-order valence-corrected chi connectivity index (χ4v) is 0.529. The molecule has 0 aromatic rings. The van der Waals surface area contributed by atoms with Crippen molar-refractivity contribution in [2.45, 2.75) is 47.1 Å². The van der Waals surface area contributed by atoms with Crippen LogP contribution < -0.4 is 5.48 Å². The predicted molar refractivity (Wildman–Crippen MR) is 48.3 cm³/mol. The van der Waals surface area contributed by atoms with Crippen molar-refractivity contribution in [2.75, 3.05) is 6.54 Å². The monoisotopic (exact) mass is 159 g/mol. The van der Waals surface area contributed by atoms with E-state index in [0.717, 1.165) is 6.54 Å². The van der Waals surface area contributed by atoms with Crippen LogP contribution in [0.3, 0.4) is 0 Å². The second kappa shape index (κ2) is 4.73. The number of hydroxylamine groups is 1. The highest BCUT2D eigenvalue weighted by molar-refractivity contribution is 4.66. The van der Waals surface area contributed by atoms with Crippen LogP contribution in [0.1, 0.15) is 41.0 Å². The number of hydrogen-bond donors (Lipinski definition) is 1. The van der Waals surface area contributed by atoms with Crippen molar-refractivity contribution in [1.82, 2.24) is 5.48 Å². The van der Waals surface area contributed by atoms with Crippen LogP contribution in [-0.4, -0.2) is 12.6 Å². The highest BCUT2D eigenvalue weighted by atomic mass is 16.7. The van der Waals surface area contributed by atoms with E-state index in [2.05, 4.69) is 26.3 Å². The zero-order valence-electron chi connectivity index (χ0n) is 8.40. The van der Waals surface area contributed by atoms with Crippen molar-refractivity contribution in [1.29, 1.82) is 0 Å². The first-order valence-corrected chi connectivity index (χ1v) is 4.36. The molecule has 0 fully saturated rings. The lowest BCUT2D eigenvalue weighted by Crippen LogP contribution is -2.30. The topological polar surface area (TPSA) is 21.3 Å². The van der Waals surface area contributed by atoms with Crippen LogP contribution in [0.5, 0.6) is 0 Å². The van der Waals surface area contributed by atoms with Crippen LogP contribution in [0.2, 0.25) is 0 Å². The fourth-order valence-electron chi connectivity index (χ4n) is 0.529. The number of rotatable bonds is 5. The van der Waals surface area contributed by atoms with Gasteiger partial charge in [0.1, 0.15) is 0 Å². The molecule has 0 rings (SSSR count). The molecule has 0 aliphatic heterocycles. The van der Waals surface area contributed by atoms with Gasteiger partial charge in [0.2, 0.25) is 0 Å². The van der Waals surface area contributed by atoms with E-state index in [4.69, 9.17) is 4.84 Å². The normalized spacial score (nSPS) is 12.5. The first-order chi connectivity index (χ1) is 4.98. The maximum Gasteiger partial charge on any atom is 0.0734 e. The summed E-state index contributed by atoms with van der Waals surface area (Å²) in [7, 11) is 0. The molecule has 0 aliphatic rings. The zero-order valence-corrected chi connectivity index (χ0v) is 8.40. The predicted octanol–water partition coefficient (Wildman–Crippen LogP) is 2.35. The molecule has 0 heterocycles. The molecule has 0 saturated carbocycles. The van der Waals surface area contributed by atoms with Gasteiger partial charge in [-0.25, -0.2) is 5.48 Å². The van der Waals surface area contributed by atoms with E-state index in [9.17, 15) is 0 Å². The second-order valence-corrected chi connectivity index (χ2v) is 4.01. The third kappa shape index (κ3) is 6.32. The van der Waals surface area contributed by atoms with Crippen LogP contribution >= 0.6 is 0 Å². The minimum absolute atomic E-state index is 0.266. The van der Waals surface area contributed by atoms with Crippen molar-refractivity contribution in [2.24, 2.45) is 5.41 Å². The smallest absolute Gasteiger partial charge is 0.0734 e. The van der Waals surface area contributed by atoms with Crippen molar-refractivity contribution in [3.05, 3.63) is 0 Å². The van der Waals surface area contributed by atoms with E-state index in [1.54, 1.807) is 0 Å². The lowest BCUT2D eigenvalue weighted by Gasteiger charge is -2.23. The Hall–Kier alpha value is -0.0800. The van der Waals surface area contributed by atoms with E-state index in [0.29, 0.717) is 5.41 Å². The lowest BCUT2D eigenvalue weighted by atomic mass is 9.91. The summed E-state index contributed by atoms with van der Waals surface area (Å²) in [5, 5.41) is 0. The van der Waals surface area contributed by atoms with Gasteiger partial charge in [0.25, 0.3) is 0 Å². The maximum atomic E-state index is 5.23. The van der Waals surface area contributed by atoms with E-state index < -0.39 is 0 Å². The summed E-state index contributed by atoms with van der Waals surface area (Å²) in [4.78, 5) is 5.23. The molecule has 1 N–H and O–H groups in total. The Kier molecular flexibility index (Phi) is 4.69. The summed E-state index contributed by atoms with van der Waals surface area (Å²) in [6.45, 7) is 11.6. The first kappa shape index (κ1) is 10.9. The Morgan fingerprint density at radius 1 is 1.36 bits per heavy atom. The molecule has 2 nitrogen and oxygen atoms in total. The summed E-state index contributed by atoms with van der Waals surface area (Å²) in [6.07, 6.45) is 1.43. The molecule has 0 radical (unpaired) electrons. The van der Waals surface area contributed by atoms with Crippen LogP contribution in [0.4, 0.5) is 0 Å². The Labute approximate surface area is 70.3 Å². The van der Waals surface area contributed by atoms with Gasteiger partial charge in [-0.1, -0.05) is 20.8 Å². The molecule has 0 aromatic heterocycles. The summed E-state index contributed by atoms with van der Waals surface area (Å²) in [6, 6.07) is 0. The molecule has 0 aliphatic carbocycles. The lowest BCUT2D eigenvalue weighted by molar-refractivity contribution is -0.0203. The second-order valence-electron chi connectivity index (χ2n) is 4.01. The highest BCUT2D eigenvalue weighted by Gasteiger charge is 2.14. The Morgan fingerprint density at radius 3 is 2.27 bits per heavy atom. The molecule has 2 heteroatoms. The van der Waals surface area contributed by atoms with Crippen LogP contribution in [0.25, 0.3) is 0 Å². The van der Waals surface area contributed by atoms with Gasteiger partial charge in [0.15, 0.2) is 0 Å². The molecule has 0 bridgehead atoms. The Morgan fingerprint density at radius 2 is 1.91 bits per heavy atom. The average Bonchev–Trinajstić information content (AvgIpc) is 1.87.